The SMILES string of the molecule is O=CCC(C(=O)O)c1cn(-c2nc(NCc3ccncc3)c3cc(-c4ccco4)ccc3n2)c2ccc(Cl)cc12. The van der Waals surface area contributed by atoms with Gasteiger partial charge in [0.2, 0.25) is 5.95 Å². The summed E-state index contributed by atoms with van der Waals surface area (Å²) in [6.07, 6.45) is 7.19. The highest BCUT2D eigenvalue weighted by Crippen LogP contribution is 2.34. The highest BCUT2D eigenvalue weighted by atomic mass is 35.5. The number of furan rings is 1. The third kappa shape index (κ3) is 4.78. The Labute approximate surface area is 233 Å². The second-order valence-electron chi connectivity index (χ2n) is 9.20. The average molecular weight is 552 g/mol. The Morgan fingerprint density at radius 3 is 2.67 bits per heavy atom. The zero-order valence-corrected chi connectivity index (χ0v) is 21.7. The molecule has 2 aromatic carbocycles. The lowest BCUT2D eigenvalue weighted by atomic mass is 9.96. The van der Waals surface area contributed by atoms with E-state index >= 15 is 0 Å². The molecule has 0 fully saturated rings. The molecule has 0 aliphatic carbocycles. The van der Waals surface area contributed by atoms with Crippen molar-refractivity contribution in [3.63, 3.8) is 0 Å². The number of aldehydes is 1. The number of carbonyl (C=O) groups excluding carboxylic acids is 1. The number of pyridine rings is 1. The van der Waals surface area contributed by atoms with Gasteiger partial charge in [0.05, 0.1) is 23.2 Å². The molecule has 6 aromatic rings. The summed E-state index contributed by atoms with van der Waals surface area (Å²) in [4.78, 5) is 37.2. The Kier molecular flexibility index (Phi) is 6.71. The highest BCUT2D eigenvalue weighted by Gasteiger charge is 2.25. The van der Waals surface area contributed by atoms with E-state index in [1.165, 1.54) is 0 Å². The minimum Gasteiger partial charge on any atom is -0.481 e. The van der Waals surface area contributed by atoms with Crippen molar-refractivity contribution in [2.75, 3.05) is 5.32 Å². The van der Waals surface area contributed by atoms with E-state index in [9.17, 15) is 14.7 Å². The summed E-state index contributed by atoms with van der Waals surface area (Å²) in [5.41, 5.74) is 3.70. The van der Waals surface area contributed by atoms with Crippen LogP contribution in [0.15, 0.2) is 89.9 Å². The zero-order chi connectivity index (χ0) is 27.6. The predicted octanol–water partition coefficient (Wildman–Crippen LogP) is 6.25. The molecule has 4 heterocycles. The number of carboxylic acids is 1. The van der Waals surface area contributed by atoms with Crippen LogP contribution < -0.4 is 5.32 Å². The summed E-state index contributed by atoms with van der Waals surface area (Å²) < 4.78 is 7.33. The fourth-order valence-corrected chi connectivity index (χ4v) is 4.94. The number of benzene rings is 2. The van der Waals surface area contributed by atoms with Gasteiger partial charge in [0, 0.05) is 52.9 Å². The summed E-state index contributed by atoms with van der Waals surface area (Å²) in [5.74, 6) is -0.496. The zero-order valence-electron chi connectivity index (χ0n) is 21.0. The molecule has 0 spiro atoms. The number of nitrogens with zero attached hydrogens (tertiary/aromatic N) is 4. The van der Waals surface area contributed by atoms with Crippen LogP contribution in [0.2, 0.25) is 5.02 Å². The molecule has 1 unspecified atom stereocenters. The third-order valence-corrected chi connectivity index (χ3v) is 6.95. The first-order chi connectivity index (χ1) is 19.5. The number of hydrogen-bond donors (Lipinski definition) is 2. The second-order valence-corrected chi connectivity index (χ2v) is 9.64. The van der Waals surface area contributed by atoms with Crippen molar-refractivity contribution in [2.24, 2.45) is 0 Å². The number of nitrogens with one attached hydrogen (secondary N) is 1. The number of hydrogen-bond acceptors (Lipinski definition) is 7. The van der Waals surface area contributed by atoms with Crippen molar-refractivity contribution in [1.29, 1.82) is 0 Å². The largest absolute Gasteiger partial charge is 0.481 e. The first kappa shape index (κ1) is 25.3. The van der Waals surface area contributed by atoms with Gasteiger partial charge in [0.1, 0.15) is 17.9 Å². The third-order valence-electron chi connectivity index (χ3n) is 6.72. The molecule has 2 N–H and O–H groups in total. The minimum absolute atomic E-state index is 0.173. The predicted molar refractivity (Wildman–Crippen MR) is 152 cm³/mol. The first-order valence-corrected chi connectivity index (χ1v) is 12.9. The first-order valence-electron chi connectivity index (χ1n) is 12.5. The standard InChI is InChI=1S/C30H22ClN5O4/c31-20-4-6-26-22(15-20)24(21(9-12-37)29(38)39)17-36(26)30-34-25-5-3-19(27-2-1-13-40-27)14-23(25)28(35-30)33-16-18-7-10-32-11-8-18/h1-8,10-15,17,21H,9,16H2,(H,38,39)(H,33,34,35). The number of anilines is 1. The van der Waals surface area contributed by atoms with Gasteiger partial charge in [0.15, 0.2) is 0 Å². The van der Waals surface area contributed by atoms with Gasteiger partial charge in [-0.1, -0.05) is 11.6 Å². The molecule has 4 aromatic heterocycles. The van der Waals surface area contributed by atoms with Gasteiger partial charge in [-0.05, 0) is 71.8 Å². The molecule has 198 valence electrons. The number of rotatable bonds is 9. The Morgan fingerprint density at radius 1 is 1.07 bits per heavy atom. The number of fused-ring (bicyclic) bond motifs is 2. The Bertz CT molecular complexity index is 1850. The van der Waals surface area contributed by atoms with Crippen molar-refractivity contribution in [3.05, 3.63) is 102 Å². The van der Waals surface area contributed by atoms with Gasteiger partial charge >= 0.3 is 5.97 Å². The molecule has 0 aliphatic heterocycles. The van der Waals surface area contributed by atoms with Gasteiger partial charge < -0.3 is 19.6 Å². The van der Waals surface area contributed by atoms with Crippen LogP contribution in [0.1, 0.15) is 23.5 Å². The molecule has 0 saturated carbocycles. The molecule has 10 heteroatoms. The normalized spacial score (nSPS) is 12.0. The lowest BCUT2D eigenvalue weighted by Gasteiger charge is -2.13. The van der Waals surface area contributed by atoms with E-state index < -0.39 is 11.9 Å². The number of carbonyl (C=O) groups is 2. The quantitative estimate of drug-likeness (QED) is 0.202. The molecular weight excluding hydrogens is 530 g/mol. The van der Waals surface area contributed by atoms with E-state index in [0.29, 0.717) is 51.6 Å². The van der Waals surface area contributed by atoms with E-state index in [2.05, 4.69) is 10.3 Å². The molecule has 0 amide bonds. The second kappa shape index (κ2) is 10.6. The number of aromatic nitrogens is 4. The Balaban J connectivity index is 1.53. The van der Waals surface area contributed by atoms with E-state index in [0.717, 1.165) is 22.3 Å². The average Bonchev–Trinajstić information content (AvgIpc) is 3.63. The molecule has 0 bridgehead atoms. The van der Waals surface area contributed by atoms with Crippen LogP contribution in [-0.2, 0) is 16.1 Å². The summed E-state index contributed by atoms with van der Waals surface area (Å²) >= 11 is 6.29. The molecule has 0 radical (unpaired) electrons. The molecule has 40 heavy (non-hydrogen) atoms. The van der Waals surface area contributed by atoms with Gasteiger partial charge in [-0.3, -0.25) is 14.3 Å². The highest BCUT2D eigenvalue weighted by molar-refractivity contribution is 6.31. The van der Waals surface area contributed by atoms with Crippen molar-refractivity contribution in [1.82, 2.24) is 19.5 Å². The maximum absolute atomic E-state index is 12.1. The van der Waals surface area contributed by atoms with Crippen molar-refractivity contribution >= 4 is 51.5 Å². The van der Waals surface area contributed by atoms with Crippen LogP contribution in [0.4, 0.5) is 5.82 Å². The minimum atomic E-state index is -1.10. The van der Waals surface area contributed by atoms with E-state index in [-0.39, 0.29) is 6.42 Å². The Morgan fingerprint density at radius 2 is 1.93 bits per heavy atom. The van der Waals surface area contributed by atoms with Gasteiger partial charge in [-0.2, -0.15) is 4.98 Å². The maximum atomic E-state index is 12.1. The molecule has 6 rings (SSSR count). The molecular formula is C30H22ClN5O4. The van der Waals surface area contributed by atoms with Gasteiger partial charge in [0.25, 0.3) is 0 Å². The van der Waals surface area contributed by atoms with Crippen LogP contribution >= 0.6 is 11.6 Å². The molecule has 0 saturated heterocycles. The van der Waals surface area contributed by atoms with Crippen molar-refractivity contribution in [2.45, 2.75) is 18.9 Å². The topological polar surface area (TPSA) is 123 Å². The summed E-state index contributed by atoms with van der Waals surface area (Å²) in [7, 11) is 0. The monoisotopic (exact) mass is 551 g/mol. The van der Waals surface area contributed by atoms with Crippen LogP contribution in [-0.4, -0.2) is 36.9 Å². The number of carboxylic acid groups (broad SMARTS) is 1. The Hall–Kier alpha value is -5.02. The number of halogens is 1. The lowest BCUT2D eigenvalue weighted by molar-refractivity contribution is -0.139. The van der Waals surface area contributed by atoms with Gasteiger partial charge in [-0.25, -0.2) is 4.98 Å². The molecule has 0 aliphatic rings. The number of aliphatic carboxylic acids is 1. The van der Waals surface area contributed by atoms with Crippen molar-refractivity contribution in [3.8, 4) is 17.3 Å². The van der Waals surface area contributed by atoms with Crippen LogP contribution in [0, 0.1) is 0 Å². The fraction of sp³-hybridized carbons (Fsp3) is 0.100. The maximum Gasteiger partial charge on any atom is 0.311 e. The summed E-state index contributed by atoms with van der Waals surface area (Å²) in [6, 6.07) is 18.5. The van der Waals surface area contributed by atoms with E-state index in [1.54, 1.807) is 47.6 Å². The van der Waals surface area contributed by atoms with Crippen LogP contribution in [0.3, 0.4) is 0 Å². The summed E-state index contributed by atoms with van der Waals surface area (Å²) in [5, 5.41) is 15.2. The van der Waals surface area contributed by atoms with Crippen LogP contribution in [0.25, 0.3) is 39.1 Å². The molecule has 1 atom stereocenters. The smallest absolute Gasteiger partial charge is 0.311 e. The lowest BCUT2D eigenvalue weighted by Crippen LogP contribution is -2.12. The van der Waals surface area contributed by atoms with E-state index in [1.807, 2.05) is 42.5 Å². The van der Waals surface area contributed by atoms with E-state index in [4.69, 9.17) is 26.0 Å². The summed E-state index contributed by atoms with van der Waals surface area (Å²) in [6.45, 7) is 0.493. The molecule has 9 nitrogen and oxygen atoms in total. The fourth-order valence-electron chi connectivity index (χ4n) is 4.77. The van der Waals surface area contributed by atoms with Crippen molar-refractivity contribution < 1.29 is 19.1 Å². The van der Waals surface area contributed by atoms with Crippen LogP contribution in [0.5, 0.6) is 0 Å². The van der Waals surface area contributed by atoms with Gasteiger partial charge in [-0.15, -0.1) is 0 Å².